The highest BCUT2D eigenvalue weighted by Gasteiger charge is 2.09. The molecule has 1 aliphatic heterocycles. The Morgan fingerprint density at radius 3 is 3.00 bits per heavy atom. The van der Waals surface area contributed by atoms with Crippen LogP contribution in [0.2, 0.25) is 0 Å². The second-order valence-electron chi connectivity index (χ2n) is 2.13. The zero-order chi connectivity index (χ0) is 5.82. The van der Waals surface area contributed by atoms with E-state index in [0.717, 1.165) is 19.7 Å². The van der Waals surface area contributed by atoms with E-state index in [1.165, 1.54) is 6.42 Å². The second kappa shape index (κ2) is 3.05. The molecule has 1 saturated heterocycles. The molecular formula is C6H13NO. The van der Waals surface area contributed by atoms with Crippen molar-refractivity contribution in [2.24, 2.45) is 0 Å². The highest BCUT2D eigenvalue weighted by molar-refractivity contribution is 4.60. The van der Waals surface area contributed by atoms with E-state index >= 15 is 0 Å². The Morgan fingerprint density at radius 1 is 1.75 bits per heavy atom. The van der Waals surface area contributed by atoms with Crippen LogP contribution in [0.15, 0.2) is 0 Å². The van der Waals surface area contributed by atoms with Gasteiger partial charge in [-0.3, -0.25) is 5.32 Å². The van der Waals surface area contributed by atoms with Crippen molar-refractivity contribution in [1.29, 1.82) is 0 Å². The van der Waals surface area contributed by atoms with Crippen molar-refractivity contribution in [2.45, 2.75) is 25.9 Å². The molecule has 0 aromatic heterocycles. The fourth-order valence-corrected chi connectivity index (χ4v) is 0.917. The third-order valence-electron chi connectivity index (χ3n) is 1.52. The van der Waals surface area contributed by atoms with Crippen molar-refractivity contribution in [3.8, 4) is 0 Å². The van der Waals surface area contributed by atoms with Gasteiger partial charge in [0.15, 0.2) is 0 Å². The summed E-state index contributed by atoms with van der Waals surface area (Å²) in [5.41, 5.74) is 0. The van der Waals surface area contributed by atoms with Crippen molar-refractivity contribution in [2.75, 3.05) is 13.3 Å². The fourth-order valence-electron chi connectivity index (χ4n) is 0.917. The van der Waals surface area contributed by atoms with Gasteiger partial charge in [0.05, 0.1) is 12.8 Å². The molecule has 0 amide bonds. The average molecular weight is 115 g/mol. The average Bonchev–Trinajstić information content (AvgIpc) is 1.90. The lowest BCUT2D eigenvalue weighted by Crippen LogP contribution is -2.32. The first-order valence-corrected chi connectivity index (χ1v) is 3.26. The van der Waals surface area contributed by atoms with Gasteiger partial charge in [0.2, 0.25) is 0 Å². The third kappa shape index (κ3) is 1.46. The molecule has 0 bridgehead atoms. The van der Waals surface area contributed by atoms with Gasteiger partial charge in [-0.2, -0.15) is 0 Å². The maximum absolute atomic E-state index is 5.32. The van der Waals surface area contributed by atoms with Crippen LogP contribution in [0.3, 0.4) is 0 Å². The Kier molecular flexibility index (Phi) is 2.30. The Morgan fingerprint density at radius 2 is 2.62 bits per heavy atom. The summed E-state index contributed by atoms with van der Waals surface area (Å²) in [5.74, 6) is 0. The number of nitrogens with one attached hydrogen (secondary N) is 1. The van der Waals surface area contributed by atoms with E-state index in [1.807, 2.05) is 0 Å². The van der Waals surface area contributed by atoms with E-state index in [-0.39, 0.29) is 0 Å². The monoisotopic (exact) mass is 115 g/mol. The van der Waals surface area contributed by atoms with Crippen LogP contribution in [-0.4, -0.2) is 19.4 Å². The quantitative estimate of drug-likeness (QED) is 0.544. The Balaban J connectivity index is 2.13. The number of hydrogen-bond acceptors (Lipinski definition) is 2. The molecule has 0 aliphatic carbocycles. The van der Waals surface area contributed by atoms with Gasteiger partial charge < -0.3 is 4.74 Å². The van der Waals surface area contributed by atoms with Gasteiger partial charge in [-0.05, 0) is 19.4 Å². The van der Waals surface area contributed by atoms with E-state index in [2.05, 4.69) is 12.2 Å². The Labute approximate surface area is 50.2 Å². The van der Waals surface area contributed by atoms with E-state index in [9.17, 15) is 0 Å². The summed E-state index contributed by atoms with van der Waals surface area (Å²) >= 11 is 0. The molecule has 2 nitrogen and oxygen atoms in total. The first kappa shape index (κ1) is 6.05. The van der Waals surface area contributed by atoms with Crippen molar-refractivity contribution >= 4 is 0 Å². The normalized spacial score (nSPS) is 30.4. The van der Waals surface area contributed by atoms with Gasteiger partial charge >= 0.3 is 0 Å². The lowest BCUT2D eigenvalue weighted by molar-refractivity contribution is 0.00565. The SMILES string of the molecule is CCC1CCNCO1. The first-order chi connectivity index (χ1) is 3.93. The van der Waals surface area contributed by atoms with Crippen LogP contribution in [0.1, 0.15) is 19.8 Å². The van der Waals surface area contributed by atoms with Gasteiger partial charge in [-0.15, -0.1) is 0 Å². The maximum atomic E-state index is 5.32. The van der Waals surface area contributed by atoms with E-state index in [4.69, 9.17) is 4.74 Å². The highest BCUT2D eigenvalue weighted by atomic mass is 16.5. The predicted octanol–water partition coefficient (Wildman–Crippen LogP) is 0.732. The molecule has 48 valence electrons. The first-order valence-electron chi connectivity index (χ1n) is 3.26. The standard InChI is InChI=1S/C6H13NO/c1-2-6-3-4-7-5-8-6/h6-7H,2-5H2,1H3. The summed E-state index contributed by atoms with van der Waals surface area (Å²) in [6.45, 7) is 4.03. The minimum atomic E-state index is 0.524. The van der Waals surface area contributed by atoms with Crippen LogP contribution in [-0.2, 0) is 4.74 Å². The van der Waals surface area contributed by atoms with Crippen LogP contribution in [0.25, 0.3) is 0 Å². The molecule has 0 saturated carbocycles. The van der Waals surface area contributed by atoms with Crippen molar-refractivity contribution in [1.82, 2.24) is 5.32 Å². The molecule has 1 atom stereocenters. The molecule has 0 spiro atoms. The summed E-state index contributed by atoms with van der Waals surface area (Å²) < 4.78 is 5.32. The van der Waals surface area contributed by atoms with E-state index < -0.39 is 0 Å². The molecule has 8 heavy (non-hydrogen) atoms. The molecule has 0 radical (unpaired) electrons. The summed E-state index contributed by atoms with van der Waals surface area (Å²) in [5, 5.41) is 3.13. The van der Waals surface area contributed by atoms with Crippen LogP contribution in [0, 0.1) is 0 Å². The molecule has 1 heterocycles. The Bertz CT molecular complexity index is 59.5. The smallest absolute Gasteiger partial charge is 0.0969 e. The largest absolute Gasteiger partial charge is 0.363 e. The van der Waals surface area contributed by atoms with Crippen molar-refractivity contribution in [3.05, 3.63) is 0 Å². The lowest BCUT2D eigenvalue weighted by Gasteiger charge is -2.21. The molecule has 1 unspecified atom stereocenters. The van der Waals surface area contributed by atoms with Gasteiger partial charge in [0, 0.05) is 0 Å². The van der Waals surface area contributed by atoms with Crippen LogP contribution in [0.4, 0.5) is 0 Å². The number of rotatable bonds is 1. The van der Waals surface area contributed by atoms with E-state index in [1.54, 1.807) is 0 Å². The number of ether oxygens (including phenoxy) is 1. The van der Waals surface area contributed by atoms with E-state index in [0.29, 0.717) is 6.10 Å². The molecule has 1 aliphatic rings. The summed E-state index contributed by atoms with van der Waals surface area (Å²) in [6, 6.07) is 0. The van der Waals surface area contributed by atoms with Gasteiger partial charge in [0.1, 0.15) is 0 Å². The second-order valence-corrected chi connectivity index (χ2v) is 2.13. The zero-order valence-corrected chi connectivity index (χ0v) is 5.31. The zero-order valence-electron chi connectivity index (χ0n) is 5.31. The predicted molar refractivity (Wildman–Crippen MR) is 32.7 cm³/mol. The Hall–Kier alpha value is -0.0800. The molecule has 1 N–H and O–H groups in total. The van der Waals surface area contributed by atoms with Gasteiger partial charge in [-0.25, -0.2) is 0 Å². The van der Waals surface area contributed by atoms with Crippen molar-refractivity contribution in [3.63, 3.8) is 0 Å². The van der Waals surface area contributed by atoms with Gasteiger partial charge in [0.25, 0.3) is 0 Å². The molecule has 1 rings (SSSR count). The molecule has 0 aromatic carbocycles. The minimum absolute atomic E-state index is 0.524. The minimum Gasteiger partial charge on any atom is -0.363 e. The lowest BCUT2D eigenvalue weighted by atomic mass is 10.2. The fraction of sp³-hybridized carbons (Fsp3) is 1.00. The number of hydrogen-bond donors (Lipinski definition) is 1. The van der Waals surface area contributed by atoms with Crippen molar-refractivity contribution < 1.29 is 4.74 Å². The molecule has 1 fully saturated rings. The topological polar surface area (TPSA) is 21.3 Å². The highest BCUT2D eigenvalue weighted by Crippen LogP contribution is 2.04. The molecule has 0 aromatic rings. The van der Waals surface area contributed by atoms with Gasteiger partial charge in [-0.1, -0.05) is 6.92 Å². The molecule has 2 heteroatoms. The summed E-state index contributed by atoms with van der Waals surface area (Å²) in [4.78, 5) is 0. The van der Waals surface area contributed by atoms with Crippen LogP contribution < -0.4 is 5.32 Å². The maximum Gasteiger partial charge on any atom is 0.0969 e. The molecular weight excluding hydrogens is 102 g/mol. The van der Waals surface area contributed by atoms with Crippen LogP contribution in [0.5, 0.6) is 0 Å². The summed E-state index contributed by atoms with van der Waals surface area (Å²) in [6.07, 6.45) is 2.86. The third-order valence-corrected chi connectivity index (χ3v) is 1.52. The van der Waals surface area contributed by atoms with Crippen LogP contribution >= 0.6 is 0 Å². The summed E-state index contributed by atoms with van der Waals surface area (Å²) in [7, 11) is 0.